The summed E-state index contributed by atoms with van der Waals surface area (Å²) in [5.74, 6) is 0.863. The molecule has 3 aromatic rings. The Hall–Kier alpha value is -2.02. The summed E-state index contributed by atoms with van der Waals surface area (Å²) in [7, 11) is 2.04. The number of thiophene rings is 1. The van der Waals surface area contributed by atoms with Gasteiger partial charge in [0, 0.05) is 13.1 Å². The maximum absolute atomic E-state index is 4.39. The number of hydrogen-bond acceptors (Lipinski definition) is 6. The first-order chi connectivity index (χ1) is 9.24. The maximum atomic E-state index is 4.39. The van der Waals surface area contributed by atoms with E-state index in [1.165, 1.54) is 10.2 Å². The van der Waals surface area contributed by atoms with Crippen LogP contribution in [-0.2, 0) is 6.42 Å². The second-order valence-electron chi connectivity index (χ2n) is 4.51. The van der Waals surface area contributed by atoms with E-state index in [9.17, 15) is 0 Å². The van der Waals surface area contributed by atoms with Crippen LogP contribution in [0.2, 0.25) is 0 Å². The fourth-order valence-corrected chi connectivity index (χ4v) is 2.62. The van der Waals surface area contributed by atoms with E-state index in [2.05, 4.69) is 49.3 Å². The first kappa shape index (κ1) is 12.0. The zero-order valence-corrected chi connectivity index (χ0v) is 11.6. The van der Waals surface area contributed by atoms with Crippen LogP contribution in [0.1, 0.15) is 12.5 Å². The van der Waals surface area contributed by atoms with Crippen molar-refractivity contribution in [1.29, 1.82) is 0 Å². The third-order valence-corrected chi connectivity index (χ3v) is 3.92. The molecule has 1 atom stereocenters. The van der Waals surface area contributed by atoms with Gasteiger partial charge < -0.3 is 4.90 Å². The minimum absolute atomic E-state index is 0.357. The number of anilines is 1. The Kier molecular flexibility index (Phi) is 3.12. The molecule has 7 heteroatoms. The van der Waals surface area contributed by atoms with Crippen molar-refractivity contribution in [3.05, 3.63) is 34.5 Å². The van der Waals surface area contributed by atoms with Crippen LogP contribution in [-0.4, -0.2) is 38.3 Å². The summed E-state index contributed by atoms with van der Waals surface area (Å²) in [4.78, 5) is 2.14. The Morgan fingerprint density at radius 2 is 2.26 bits per heavy atom. The van der Waals surface area contributed by atoms with Crippen LogP contribution in [0.3, 0.4) is 0 Å². The lowest BCUT2D eigenvalue weighted by Crippen LogP contribution is -2.31. The zero-order valence-electron chi connectivity index (χ0n) is 10.8. The van der Waals surface area contributed by atoms with Crippen LogP contribution < -0.4 is 4.90 Å². The smallest absolute Gasteiger partial charge is 0.200 e. The molecule has 0 bridgehead atoms. The highest BCUT2D eigenvalue weighted by Gasteiger charge is 2.13. The summed E-state index contributed by atoms with van der Waals surface area (Å²) in [6.45, 7) is 2.18. The topological polar surface area (TPSA) is 59.2 Å². The van der Waals surface area contributed by atoms with Gasteiger partial charge in [-0.2, -0.15) is 11.3 Å². The summed E-state index contributed by atoms with van der Waals surface area (Å²) in [5, 5.41) is 19.9. The molecule has 6 nitrogen and oxygen atoms in total. The molecule has 0 aliphatic rings. The Morgan fingerprint density at radius 1 is 1.37 bits per heavy atom. The van der Waals surface area contributed by atoms with E-state index in [-0.39, 0.29) is 0 Å². The van der Waals surface area contributed by atoms with Crippen molar-refractivity contribution in [2.24, 2.45) is 0 Å². The van der Waals surface area contributed by atoms with Crippen LogP contribution in [0.25, 0.3) is 5.65 Å². The molecule has 0 saturated heterocycles. The van der Waals surface area contributed by atoms with Gasteiger partial charge in [-0.15, -0.1) is 14.8 Å². The predicted molar refractivity (Wildman–Crippen MR) is 74.5 cm³/mol. The Morgan fingerprint density at radius 3 is 3.05 bits per heavy atom. The minimum atomic E-state index is 0.357. The van der Waals surface area contributed by atoms with Crippen molar-refractivity contribution >= 4 is 22.8 Å². The average Bonchev–Trinajstić information content (AvgIpc) is 3.07. The summed E-state index contributed by atoms with van der Waals surface area (Å²) >= 11 is 1.73. The summed E-state index contributed by atoms with van der Waals surface area (Å²) in [6.07, 6.45) is 0.995. The molecule has 3 rings (SSSR count). The van der Waals surface area contributed by atoms with Crippen molar-refractivity contribution in [2.75, 3.05) is 11.9 Å². The zero-order chi connectivity index (χ0) is 13.2. The van der Waals surface area contributed by atoms with E-state index in [0.717, 1.165) is 12.2 Å². The van der Waals surface area contributed by atoms with Crippen LogP contribution in [0.4, 0.5) is 5.82 Å². The van der Waals surface area contributed by atoms with E-state index < -0.39 is 0 Å². The lowest BCUT2D eigenvalue weighted by atomic mass is 10.1. The number of nitrogens with zero attached hydrogens (tertiary/aromatic N) is 6. The number of rotatable bonds is 4. The van der Waals surface area contributed by atoms with Gasteiger partial charge in [0.05, 0.1) is 0 Å². The molecular formula is C12H14N6S. The quantitative estimate of drug-likeness (QED) is 0.724. The average molecular weight is 274 g/mol. The fourth-order valence-electron chi connectivity index (χ4n) is 1.94. The van der Waals surface area contributed by atoms with Crippen LogP contribution in [0, 0.1) is 0 Å². The molecule has 0 aliphatic heterocycles. The molecule has 3 heterocycles. The molecule has 0 fully saturated rings. The van der Waals surface area contributed by atoms with Crippen molar-refractivity contribution < 1.29 is 0 Å². The highest BCUT2D eigenvalue weighted by Crippen LogP contribution is 2.16. The Bertz CT molecular complexity index is 662. The van der Waals surface area contributed by atoms with Gasteiger partial charge in [-0.3, -0.25) is 0 Å². The van der Waals surface area contributed by atoms with Crippen LogP contribution in [0.15, 0.2) is 29.0 Å². The highest BCUT2D eigenvalue weighted by molar-refractivity contribution is 7.07. The molecule has 0 aliphatic carbocycles. The first-order valence-corrected chi connectivity index (χ1v) is 6.97. The fraction of sp³-hybridized carbons (Fsp3) is 0.333. The largest absolute Gasteiger partial charge is 0.355 e. The minimum Gasteiger partial charge on any atom is -0.355 e. The molecule has 98 valence electrons. The third kappa shape index (κ3) is 2.41. The van der Waals surface area contributed by atoms with E-state index in [0.29, 0.717) is 11.7 Å². The van der Waals surface area contributed by atoms with Crippen molar-refractivity contribution in [1.82, 2.24) is 25.3 Å². The summed E-state index contributed by atoms with van der Waals surface area (Å²) in [5.41, 5.74) is 2.01. The van der Waals surface area contributed by atoms with Gasteiger partial charge in [0.1, 0.15) is 0 Å². The molecule has 0 aromatic carbocycles. The maximum Gasteiger partial charge on any atom is 0.200 e. The van der Waals surface area contributed by atoms with Gasteiger partial charge in [0.2, 0.25) is 0 Å². The van der Waals surface area contributed by atoms with Crippen LogP contribution in [0.5, 0.6) is 0 Å². The summed E-state index contributed by atoms with van der Waals surface area (Å²) < 4.78 is 1.45. The number of likely N-dealkylation sites (N-methyl/N-ethyl adjacent to an activating group) is 1. The van der Waals surface area contributed by atoms with Gasteiger partial charge in [-0.1, -0.05) is 0 Å². The summed E-state index contributed by atoms with van der Waals surface area (Å²) in [6, 6.07) is 6.33. The normalized spacial score (nSPS) is 12.7. The molecule has 0 radical (unpaired) electrons. The van der Waals surface area contributed by atoms with E-state index in [1.54, 1.807) is 11.3 Å². The van der Waals surface area contributed by atoms with Gasteiger partial charge in [-0.05, 0) is 58.3 Å². The second-order valence-corrected chi connectivity index (χ2v) is 5.29. The number of fused-ring (bicyclic) bond motifs is 1. The van der Waals surface area contributed by atoms with Crippen molar-refractivity contribution in [3.63, 3.8) is 0 Å². The number of aromatic nitrogens is 5. The predicted octanol–water partition coefficient (Wildman–Crippen LogP) is 1.65. The van der Waals surface area contributed by atoms with Gasteiger partial charge in [0.25, 0.3) is 0 Å². The molecule has 1 unspecified atom stereocenters. The van der Waals surface area contributed by atoms with Gasteiger partial charge in [0.15, 0.2) is 11.5 Å². The molecule has 0 saturated carbocycles. The first-order valence-electron chi connectivity index (χ1n) is 6.03. The molecule has 0 amide bonds. The number of tetrazole rings is 1. The second kappa shape index (κ2) is 4.93. The van der Waals surface area contributed by atoms with Crippen molar-refractivity contribution in [2.45, 2.75) is 19.4 Å². The lowest BCUT2D eigenvalue weighted by molar-refractivity contribution is 0.653. The molecule has 3 aromatic heterocycles. The third-order valence-electron chi connectivity index (χ3n) is 3.19. The highest BCUT2D eigenvalue weighted by atomic mass is 32.1. The Labute approximate surface area is 114 Å². The van der Waals surface area contributed by atoms with Gasteiger partial charge in [-0.25, -0.2) is 0 Å². The lowest BCUT2D eigenvalue weighted by Gasteiger charge is -2.25. The van der Waals surface area contributed by atoms with E-state index in [1.807, 2.05) is 19.2 Å². The number of hydrogen-bond donors (Lipinski definition) is 0. The van der Waals surface area contributed by atoms with Crippen molar-refractivity contribution in [3.8, 4) is 0 Å². The van der Waals surface area contributed by atoms with E-state index >= 15 is 0 Å². The monoisotopic (exact) mass is 274 g/mol. The Balaban J connectivity index is 1.79. The molecular weight excluding hydrogens is 260 g/mol. The SMILES string of the molecule is CC(Cc1ccsc1)N(C)c1ccc2nnnn2n1. The standard InChI is InChI=1S/C12H14N6S/c1-9(7-10-5-6-19-8-10)17(2)12-4-3-11-13-15-16-18(11)14-12/h3-6,8-9H,7H2,1-2H3. The van der Waals surface area contributed by atoms with Gasteiger partial charge >= 0.3 is 0 Å². The van der Waals surface area contributed by atoms with E-state index in [4.69, 9.17) is 0 Å². The molecule has 0 spiro atoms. The molecule has 19 heavy (non-hydrogen) atoms. The van der Waals surface area contributed by atoms with Crippen LogP contribution >= 0.6 is 11.3 Å². The molecule has 0 N–H and O–H groups in total.